The Morgan fingerprint density at radius 3 is 2.14 bits per heavy atom. The molecule has 0 aromatic heterocycles. The van der Waals surface area contributed by atoms with Crippen molar-refractivity contribution in [2.75, 3.05) is 6.61 Å². The molecule has 0 aromatic rings. The minimum atomic E-state index is -1.81. The molecule has 9 atom stereocenters. The highest BCUT2D eigenvalue weighted by atomic mass is 16.7. The monoisotopic (exact) mass is 326 g/mol. The predicted molar refractivity (Wildman–Crippen MR) is 68.4 cm³/mol. The van der Waals surface area contributed by atoms with Crippen LogP contribution in [0.3, 0.4) is 0 Å². The summed E-state index contributed by atoms with van der Waals surface area (Å²) >= 11 is 0. The lowest BCUT2D eigenvalue weighted by atomic mass is 9.99. The summed E-state index contributed by atoms with van der Waals surface area (Å²) in [5, 5.41) is 66.4. The predicted octanol–water partition coefficient (Wildman–Crippen LogP) is -4.53. The molecule has 1 fully saturated rings. The molecule has 0 bridgehead atoms. The van der Waals surface area contributed by atoms with Crippen LogP contribution in [0.1, 0.15) is 6.92 Å². The number of hydrogen-bond donors (Lipinski definition) is 7. The van der Waals surface area contributed by atoms with E-state index in [4.69, 9.17) is 14.6 Å². The van der Waals surface area contributed by atoms with Crippen molar-refractivity contribution in [1.82, 2.24) is 0 Å². The van der Waals surface area contributed by atoms with Gasteiger partial charge in [-0.05, 0) is 6.92 Å². The summed E-state index contributed by atoms with van der Waals surface area (Å²) in [6, 6.07) is 0. The van der Waals surface area contributed by atoms with Gasteiger partial charge >= 0.3 is 0 Å². The summed E-state index contributed by atoms with van der Waals surface area (Å²) in [6.45, 7) is 0.499. The van der Waals surface area contributed by atoms with E-state index in [-0.39, 0.29) is 6.29 Å². The zero-order valence-corrected chi connectivity index (χ0v) is 11.8. The average Bonchev–Trinajstić information content (AvgIpc) is 2.50. The second kappa shape index (κ2) is 8.24. The van der Waals surface area contributed by atoms with Gasteiger partial charge in [-0.1, -0.05) is 0 Å². The van der Waals surface area contributed by atoms with Gasteiger partial charge < -0.3 is 50.0 Å². The van der Waals surface area contributed by atoms with Crippen LogP contribution in [0.4, 0.5) is 0 Å². The quantitative estimate of drug-likeness (QED) is 0.225. The molecule has 10 nitrogen and oxygen atoms in total. The van der Waals surface area contributed by atoms with E-state index in [1.165, 1.54) is 6.92 Å². The number of rotatable bonds is 7. The normalized spacial score (nSPS) is 38.1. The van der Waals surface area contributed by atoms with E-state index in [0.717, 1.165) is 0 Å². The summed E-state index contributed by atoms with van der Waals surface area (Å²) < 4.78 is 10.0. The summed E-state index contributed by atoms with van der Waals surface area (Å²) in [4.78, 5) is 11.0. The van der Waals surface area contributed by atoms with Crippen LogP contribution >= 0.6 is 0 Å². The number of aliphatic hydroxyl groups is 7. The lowest BCUT2D eigenvalue weighted by Crippen LogP contribution is -2.60. The van der Waals surface area contributed by atoms with Gasteiger partial charge in [-0.2, -0.15) is 0 Å². The highest BCUT2D eigenvalue weighted by molar-refractivity contribution is 5.57. The van der Waals surface area contributed by atoms with Crippen molar-refractivity contribution in [2.24, 2.45) is 0 Å². The summed E-state index contributed by atoms with van der Waals surface area (Å²) in [6.07, 6.45) is -14.3. The maximum atomic E-state index is 11.0. The maximum Gasteiger partial charge on any atom is 0.187 e. The van der Waals surface area contributed by atoms with Gasteiger partial charge in [-0.25, -0.2) is 0 Å². The van der Waals surface area contributed by atoms with Gasteiger partial charge in [-0.3, -0.25) is 0 Å². The third kappa shape index (κ3) is 4.19. The lowest BCUT2D eigenvalue weighted by molar-refractivity contribution is -0.315. The molecular formula is C12H22O10. The largest absolute Gasteiger partial charge is 0.394 e. The molecule has 0 saturated carbocycles. The highest BCUT2D eigenvalue weighted by Crippen LogP contribution is 2.23. The molecule has 22 heavy (non-hydrogen) atoms. The minimum absolute atomic E-state index is 0.123. The van der Waals surface area contributed by atoms with Crippen molar-refractivity contribution < 1.29 is 50.0 Å². The van der Waals surface area contributed by atoms with Gasteiger partial charge in [-0.15, -0.1) is 0 Å². The van der Waals surface area contributed by atoms with Crippen molar-refractivity contribution >= 4 is 6.29 Å². The van der Waals surface area contributed by atoms with E-state index in [2.05, 4.69) is 0 Å². The fourth-order valence-corrected chi connectivity index (χ4v) is 2.01. The van der Waals surface area contributed by atoms with Gasteiger partial charge in [0.1, 0.15) is 42.7 Å². The van der Waals surface area contributed by atoms with E-state index in [1.807, 2.05) is 0 Å². The van der Waals surface area contributed by atoms with Crippen LogP contribution in [-0.4, -0.2) is 104 Å². The fourth-order valence-electron chi connectivity index (χ4n) is 2.01. The molecule has 1 aliphatic rings. The van der Waals surface area contributed by atoms with Crippen molar-refractivity contribution in [1.29, 1.82) is 0 Å². The Morgan fingerprint density at radius 2 is 1.68 bits per heavy atom. The van der Waals surface area contributed by atoms with Crippen molar-refractivity contribution in [3.8, 4) is 0 Å². The Kier molecular flexibility index (Phi) is 7.25. The van der Waals surface area contributed by atoms with E-state index >= 15 is 0 Å². The van der Waals surface area contributed by atoms with Crippen LogP contribution in [0, 0.1) is 0 Å². The summed E-state index contributed by atoms with van der Waals surface area (Å²) in [5.41, 5.74) is 0. The first-order chi connectivity index (χ1) is 10.2. The molecule has 0 spiro atoms. The SMILES string of the molecule is C[C@@H](O)[C@@H](O)[C@H](O)[C@@H](C=O)OC1O[C@H](CO)[C@@H](O)[C@H](O)[C@H]1O. The number of hydrogen-bond acceptors (Lipinski definition) is 10. The molecule has 1 rings (SSSR count). The smallest absolute Gasteiger partial charge is 0.187 e. The average molecular weight is 326 g/mol. The van der Waals surface area contributed by atoms with E-state index in [1.54, 1.807) is 0 Å². The molecule has 0 aliphatic carbocycles. The van der Waals surface area contributed by atoms with Crippen molar-refractivity contribution in [3.05, 3.63) is 0 Å². The number of carbonyl (C=O) groups excluding carboxylic acids is 1. The molecule has 10 heteroatoms. The molecule has 1 unspecified atom stereocenters. The number of carbonyl (C=O) groups is 1. The molecule has 1 aliphatic heterocycles. The first-order valence-electron chi connectivity index (χ1n) is 6.70. The van der Waals surface area contributed by atoms with Gasteiger partial charge in [0.05, 0.1) is 12.7 Å². The van der Waals surface area contributed by atoms with Crippen LogP contribution in [0.5, 0.6) is 0 Å². The third-order valence-corrected chi connectivity index (χ3v) is 3.45. The summed E-state index contributed by atoms with van der Waals surface area (Å²) in [7, 11) is 0. The van der Waals surface area contributed by atoms with Crippen LogP contribution < -0.4 is 0 Å². The Morgan fingerprint density at radius 1 is 1.09 bits per heavy atom. The summed E-state index contributed by atoms with van der Waals surface area (Å²) in [5.74, 6) is 0. The highest BCUT2D eigenvalue weighted by Gasteiger charge is 2.46. The first-order valence-corrected chi connectivity index (χ1v) is 6.70. The second-order valence-electron chi connectivity index (χ2n) is 5.16. The lowest BCUT2D eigenvalue weighted by Gasteiger charge is -2.41. The van der Waals surface area contributed by atoms with Gasteiger partial charge in [0.25, 0.3) is 0 Å². The Bertz CT molecular complexity index is 349. The molecule has 1 saturated heterocycles. The van der Waals surface area contributed by atoms with Crippen LogP contribution in [0.2, 0.25) is 0 Å². The van der Waals surface area contributed by atoms with Crippen molar-refractivity contribution in [2.45, 2.75) is 62.0 Å². The van der Waals surface area contributed by atoms with E-state index in [9.17, 15) is 35.4 Å². The van der Waals surface area contributed by atoms with Crippen LogP contribution in [0.25, 0.3) is 0 Å². The van der Waals surface area contributed by atoms with E-state index in [0.29, 0.717) is 0 Å². The number of aldehydes is 1. The van der Waals surface area contributed by atoms with Gasteiger partial charge in [0.2, 0.25) is 0 Å². The van der Waals surface area contributed by atoms with Gasteiger partial charge in [0, 0.05) is 0 Å². The van der Waals surface area contributed by atoms with Crippen molar-refractivity contribution in [3.63, 3.8) is 0 Å². The van der Waals surface area contributed by atoms with Crippen LogP contribution in [0.15, 0.2) is 0 Å². The molecule has 130 valence electrons. The maximum absolute atomic E-state index is 11.0. The van der Waals surface area contributed by atoms with Crippen LogP contribution in [-0.2, 0) is 14.3 Å². The molecule has 0 radical (unpaired) electrons. The zero-order chi connectivity index (χ0) is 17.0. The van der Waals surface area contributed by atoms with Gasteiger partial charge in [0.15, 0.2) is 12.6 Å². The zero-order valence-electron chi connectivity index (χ0n) is 11.8. The van der Waals surface area contributed by atoms with E-state index < -0.39 is 61.7 Å². The molecule has 0 aromatic carbocycles. The fraction of sp³-hybridized carbons (Fsp3) is 0.917. The number of aliphatic hydroxyl groups excluding tert-OH is 7. The molecule has 0 amide bonds. The Hall–Kier alpha value is -0.690. The standard InChI is InChI=1S/C12H22O10/c1-4(15)7(16)8(17)5(2-13)21-12-11(20)10(19)9(18)6(3-14)22-12/h2,4-12,14-20H,3H2,1H3/t4-,5-,6-,7-,8-,9-,10+,11-,12?/m1/s1. The Labute approximate surface area is 126 Å². The Balaban J connectivity index is 2.79. The number of ether oxygens (including phenoxy) is 2. The third-order valence-electron chi connectivity index (χ3n) is 3.45. The topological polar surface area (TPSA) is 177 Å². The molecule has 1 heterocycles. The molecule has 7 N–H and O–H groups in total. The molecular weight excluding hydrogens is 304 g/mol. The first kappa shape index (κ1) is 19.4. The second-order valence-corrected chi connectivity index (χ2v) is 5.16. The minimum Gasteiger partial charge on any atom is -0.394 e.